The first-order chi connectivity index (χ1) is 14.0. The first-order valence-corrected chi connectivity index (χ1v) is 12.4. The number of thioether (sulfide) groups is 1. The Morgan fingerprint density at radius 2 is 1.86 bits per heavy atom. The van der Waals surface area contributed by atoms with E-state index >= 15 is 0 Å². The van der Waals surface area contributed by atoms with E-state index in [9.17, 15) is 13.2 Å². The highest BCUT2D eigenvalue weighted by atomic mass is 32.2. The SMILES string of the molecule is CCC(SC1CCCCC1)C(=O)Nc1ccc(S(=O)(=O)Nc2ccccn2)cc1. The van der Waals surface area contributed by atoms with Gasteiger partial charge >= 0.3 is 0 Å². The maximum atomic E-state index is 12.7. The second-order valence-electron chi connectivity index (χ2n) is 7.13. The lowest BCUT2D eigenvalue weighted by atomic mass is 10.0. The number of pyridine rings is 1. The van der Waals surface area contributed by atoms with Gasteiger partial charge < -0.3 is 5.32 Å². The van der Waals surface area contributed by atoms with Crippen LogP contribution in [0.15, 0.2) is 53.6 Å². The second-order valence-corrected chi connectivity index (χ2v) is 10.3. The van der Waals surface area contributed by atoms with Crippen LogP contribution in [-0.2, 0) is 14.8 Å². The van der Waals surface area contributed by atoms with Gasteiger partial charge in [-0.25, -0.2) is 13.4 Å². The van der Waals surface area contributed by atoms with Crippen molar-refractivity contribution in [3.05, 3.63) is 48.7 Å². The Labute approximate surface area is 176 Å². The predicted molar refractivity (Wildman–Crippen MR) is 119 cm³/mol. The molecule has 1 atom stereocenters. The minimum absolute atomic E-state index is 0.0229. The fourth-order valence-corrected chi connectivity index (χ4v) is 5.79. The molecule has 156 valence electrons. The molecule has 1 aliphatic rings. The zero-order chi connectivity index (χ0) is 20.7. The highest BCUT2D eigenvalue weighted by Gasteiger charge is 2.24. The normalized spacial score (nSPS) is 16.2. The van der Waals surface area contributed by atoms with Crippen molar-refractivity contribution in [2.45, 2.75) is 60.8 Å². The van der Waals surface area contributed by atoms with Gasteiger partial charge in [0.2, 0.25) is 5.91 Å². The van der Waals surface area contributed by atoms with Crippen molar-refractivity contribution in [2.75, 3.05) is 10.0 Å². The molecule has 1 aromatic carbocycles. The number of sulfonamides is 1. The van der Waals surface area contributed by atoms with Gasteiger partial charge in [-0.15, -0.1) is 11.8 Å². The van der Waals surface area contributed by atoms with Crippen LogP contribution in [0.3, 0.4) is 0 Å². The number of anilines is 2. The molecule has 1 amide bonds. The van der Waals surface area contributed by atoms with Crippen LogP contribution in [0, 0.1) is 0 Å². The van der Waals surface area contributed by atoms with Gasteiger partial charge in [0.25, 0.3) is 10.0 Å². The van der Waals surface area contributed by atoms with E-state index < -0.39 is 10.0 Å². The number of nitrogens with one attached hydrogen (secondary N) is 2. The van der Waals surface area contributed by atoms with Crippen molar-refractivity contribution in [1.82, 2.24) is 4.98 Å². The second kappa shape index (κ2) is 10.1. The van der Waals surface area contributed by atoms with Crippen molar-refractivity contribution < 1.29 is 13.2 Å². The van der Waals surface area contributed by atoms with Crippen LogP contribution in [0.1, 0.15) is 45.4 Å². The van der Waals surface area contributed by atoms with Crippen LogP contribution in [0.2, 0.25) is 0 Å². The third-order valence-electron chi connectivity index (χ3n) is 4.91. The Bertz CT molecular complexity index is 897. The van der Waals surface area contributed by atoms with Crippen molar-refractivity contribution in [3.8, 4) is 0 Å². The molecule has 0 radical (unpaired) electrons. The lowest BCUT2D eigenvalue weighted by Gasteiger charge is -2.25. The number of amides is 1. The van der Waals surface area contributed by atoms with Crippen LogP contribution in [0.5, 0.6) is 0 Å². The number of rotatable bonds is 8. The molecule has 1 unspecified atom stereocenters. The van der Waals surface area contributed by atoms with Gasteiger partial charge in [-0.2, -0.15) is 0 Å². The average molecular weight is 434 g/mol. The predicted octanol–water partition coefficient (Wildman–Crippen LogP) is 4.67. The number of hydrogen-bond donors (Lipinski definition) is 2. The van der Waals surface area contributed by atoms with Gasteiger partial charge in [0.1, 0.15) is 5.82 Å². The monoisotopic (exact) mass is 433 g/mol. The summed E-state index contributed by atoms with van der Waals surface area (Å²) in [6.45, 7) is 2.03. The van der Waals surface area contributed by atoms with Crippen molar-refractivity contribution in [3.63, 3.8) is 0 Å². The highest BCUT2D eigenvalue weighted by Crippen LogP contribution is 2.32. The minimum atomic E-state index is -3.73. The van der Waals surface area contributed by atoms with E-state index in [1.807, 2.05) is 6.92 Å². The Hall–Kier alpha value is -2.06. The standard InChI is InChI=1S/C21H27N3O3S2/c1-2-19(28-17-8-4-3-5-9-17)21(25)23-16-11-13-18(14-12-16)29(26,27)24-20-10-6-7-15-22-20/h6-7,10-15,17,19H,2-5,8-9H2,1H3,(H,22,24)(H,23,25). The molecule has 1 fully saturated rings. The van der Waals surface area contributed by atoms with E-state index in [2.05, 4.69) is 15.0 Å². The van der Waals surface area contributed by atoms with E-state index in [1.165, 1.54) is 50.4 Å². The average Bonchev–Trinajstić information content (AvgIpc) is 2.73. The van der Waals surface area contributed by atoms with Crippen LogP contribution in [0.25, 0.3) is 0 Å². The van der Waals surface area contributed by atoms with Crippen LogP contribution >= 0.6 is 11.8 Å². The number of carbonyl (C=O) groups excluding carboxylic acids is 1. The van der Waals surface area contributed by atoms with Crippen LogP contribution < -0.4 is 10.0 Å². The first kappa shape index (κ1) is 21.6. The molecule has 1 aliphatic carbocycles. The zero-order valence-corrected chi connectivity index (χ0v) is 18.1. The molecular weight excluding hydrogens is 406 g/mol. The zero-order valence-electron chi connectivity index (χ0n) is 16.5. The Morgan fingerprint density at radius 1 is 1.14 bits per heavy atom. The summed E-state index contributed by atoms with van der Waals surface area (Å²) in [6, 6.07) is 11.2. The fourth-order valence-electron chi connectivity index (χ4n) is 3.34. The molecule has 1 aromatic heterocycles. The molecule has 2 N–H and O–H groups in total. The number of aromatic nitrogens is 1. The van der Waals surface area contributed by atoms with Crippen molar-refractivity contribution in [2.24, 2.45) is 0 Å². The Morgan fingerprint density at radius 3 is 2.48 bits per heavy atom. The minimum Gasteiger partial charge on any atom is -0.325 e. The molecule has 0 spiro atoms. The summed E-state index contributed by atoms with van der Waals surface area (Å²) in [6.07, 6.45) is 8.45. The Balaban J connectivity index is 1.61. The molecule has 3 rings (SSSR count). The maximum Gasteiger partial charge on any atom is 0.263 e. The van der Waals surface area contributed by atoms with E-state index in [4.69, 9.17) is 0 Å². The van der Waals surface area contributed by atoms with Gasteiger partial charge in [0.05, 0.1) is 10.1 Å². The molecule has 8 heteroatoms. The van der Waals surface area contributed by atoms with Gasteiger partial charge in [-0.1, -0.05) is 32.3 Å². The highest BCUT2D eigenvalue weighted by molar-refractivity contribution is 8.01. The molecule has 6 nitrogen and oxygen atoms in total. The van der Waals surface area contributed by atoms with Crippen molar-refractivity contribution >= 4 is 39.2 Å². The molecule has 2 aromatic rings. The largest absolute Gasteiger partial charge is 0.325 e. The summed E-state index contributed by atoms with van der Waals surface area (Å²) in [5, 5.41) is 3.39. The van der Waals surface area contributed by atoms with Gasteiger partial charge in [-0.3, -0.25) is 9.52 Å². The van der Waals surface area contributed by atoms with Gasteiger partial charge in [0, 0.05) is 17.1 Å². The van der Waals surface area contributed by atoms with Crippen LogP contribution in [-0.4, -0.2) is 29.8 Å². The van der Waals surface area contributed by atoms with E-state index in [0.29, 0.717) is 10.9 Å². The maximum absolute atomic E-state index is 12.7. The quantitative estimate of drug-likeness (QED) is 0.632. The smallest absolute Gasteiger partial charge is 0.263 e. The van der Waals surface area contributed by atoms with E-state index in [1.54, 1.807) is 42.1 Å². The Kier molecular flexibility index (Phi) is 7.55. The number of nitrogens with zero attached hydrogens (tertiary/aromatic N) is 1. The molecule has 1 saturated carbocycles. The van der Waals surface area contributed by atoms with E-state index in [-0.39, 0.29) is 21.9 Å². The third kappa shape index (κ3) is 6.21. The fraction of sp³-hybridized carbons (Fsp3) is 0.429. The summed E-state index contributed by atoms with van der Waals surface area (Å²) < 4.78 is 27.4. The molecule has 29 heavy (non-hydrogen) atoms. The molecule has 0 saturated heterocycles. The van der Waals surface area contributed by atoms with Gasteiger partial charge in [-0.05, 0) is 55.7 Å². The number of carbonyl (C=O) groups is 1. The molecule has 0 bridgehead atoms. The number of benzene rings is 1. The first-order valence-electron chi connectivity index (χ1n) is 9.98. The lowest BCUT2D eigenvalue weighted by Crippen LogP contribution is -2.27. The summed E-state index contributed by atoms with van der Waals surface area (Å²) in [4.78, 5) is 16.8. The summed E-state index contributed by atoms with van der Waals surface area (Å²) in [7, 11) is -3.73. The summed E-state index contributed by atoms with van der Waals surface area (Å²) >= 11 is 1.78. The van der Waals surface area contributed by atoms with E-state index in [0.717, 1.165) is 6.42 Å². The third-order valence-corrected chi connectivity index (χ3v) is 8.01. The molecule has 0 aliphatic heterocycles. The molecule has 1 heterocycles. The van der Waals surface area contributed by atoms with Crippen LogP contribution in [0.4, 0.5) is 11.5 Å². The molecular formula is C21H27N3O3S2. The lowest BCUT2D eigenvalue weighted by molar-refractivity contribution is -0.115. The summed E-state index contributed by atoms with van der Waals surface area (Å²) in [5.41, 5.74) is 0.592. The van der Waals surface area contributed by atoms with Crippen molar-refractivity contribution in [1.29, 1.82) is 0 Å². The topological polar surface area (TPSA) is 88.2 Å². The number of hydrogen-bond acceptors (Lipinski definition) is 5. The summed E-state index contributed by atoms with van der Waals surface area (Å²) in [5.74, 6) is 0.237. The van der Waals surface area contributed by atoms with Gasteiger partial charge in [0.15, 0.2) is 0 Å².